The van der Waals surface area contributed by atoms with E-state index in [2.05, 4.69) is 10.2 Å². The van der Waals surface area contributed by atoms with Crippen LogP contribution in [0.25, 0.3) is 0 Å². The molecule has 1 heterocycles. The van der Waals surface area contributed by atoms with Gasteiger partial charge in [0.1, 0.15) is 5.82 Å². The number of rotatable bonds is 2. The van der Waals surface area contributed by atoms with Gasteiger partial charge in [0.05, 0.1) is 0 Å². The fourth-order valence-corrected chi connectivity index (χ4v) is 5.76. The van der Waals surface area contributed by atoms with Crippen molar-refractivity contribution in [2.24, 2.45) is 28.8 Å². The molecule has 3 fully saturated rings. The third-order valence-electron chi connectivity index (χ3n) is 5.62. The average molecular weight is 310 g/mol. The van der Waals surface area contributed by atoms with E-state index in [0.29, 0.717) is 17.8 Å². The summed E-state index contributed by atoms with van der Waals surface area (Å²) < 4.78 is 25.4. The van der Waals surface area contributed by atoms with Crippen molar-refractivity contribution in [2.75, 3.05) is 0 Å². The topological polar surface area (TPSA) is 90.9 Å². The predicted molar refractivity (Wildman–Crippen MR) is 76.9 cm³/mol. The van der Waals surface area contributed by atoms with Crippen molar-refractivity contribution in [1.29, 1.82) is 0 Å². The molecule has 4 unspecified atom stereocenters. The zero-order valence-corrected chi connectivity index (χ0v) is 13.5. The van der Waals surface area contributed by atoms with Gasteiger partial charge in [-0.25, -0.2) is 13.6 Å². The summed E-state index contributed by atoms with van der Waals surface area (Å²) in [4.78, 5) is 0. The summed E-state index contributed by atoms with van der Waals surface area (Å²) in [5.41, 5.74) is -0.392. The van der Waals surface area contributed by atoms with E-state index in [-0.39, 0.29) is 5.16 Å². The Morgan fingerprint density at radius 1 is 1.14 bits per heavy atom. The quantitative estimate of drug-likeness (QED) is 0.895. The molecule has 0 radical (unpaired) electrons. The van der Waals surface area contributed by atoms with Crippen molar-refractivity contribution in [2.45, 2.75) is 56.6 Å². The van der Waals surface area contributed by atoms with Crippen molar-refractivity contribution < 1.29 is 8.42 Å². The summed E-state index contributed by atoms with van der Waals surface area (Å²) in [5, 5.41) is 13.4. The van der Waals surface area contributed by atoms with E-state index < -0.39 is 15.6 Å². The van der Waals surface area contributed by atoms with Gasteiger partial charge < -0.3 is 0 Å². The van der Waals surface area contributed by atoms with E-state index in [9.17, 15) is 8.42 Å². The largest absolute Gasteiger partial charge is 0.295 e. The maximum absolute atomic E-state index is 11.8. The van der Waals surface area contributed by atoms with Crippen LogP contribution in [0.5, 0.6) is 0 Å². The number of nitrogens with two attached hydrogens (primary N) is 1. The van der Waals surface area contributed by atoms with E-state index in [4.69, 9.17) is 5.14 Å². The monoisotopic (exact) mass is 310 g/mol. The van der Waals surface area contributed by atoms with Gasteiger partial charge in [-0.2, -0.15) is 0 Å². The minimum Gasteiger partial charge on any atom is -0.295 e. The molecule has 4 rings (SSSR count). The number of sulfonamides is 1. The van der Waals surface area contributed by atoms with Crippen LogP contribution in [0.2, 0.25) is 0 Å². The average Bonchev–Trinajstić information content (AvgIpc) is 2.78. The number of hydrogen-bond donors (Lipinski definition) is 1. The van der Waals surface area contributed by atoms with Gasteiger partial charge in [0.25, 0.3) is 15.2 Å². The smallest absolute Gasteiger partial charge is 0.273 e. The second-order valence-electron chi connectivity index (χ2n) is 7.91. The molecule has 1 aromatic rings. The first-order valence-electron chi connectivity index (χ1n) is 7.68. The Labute approximate surface area is 125 Å². The zero-order valence-electron chi connectivity index (χ0n) is 12.7. The van der Waals surface area contributed by atoms with E-state index in [1.54, 1.807) is 4.57 Å². The van der Waals surface area contributed by atoms with Gasteiger partial charge in [-0.05, 0) is 63.7 Å². The minimum atomic E-state index is -3.85. The molecule has 6 nitrogen and oxygen atoms in total. The van der Waals surface area contributed by atoms with Gasteiger partial charge in [-0.3, -0.25) is 4.57 Å². The predicted octanol–water partition coefficient (Wildman–Crippen LogP) is 1.44. The molecule has 116 valence electrons. The maximum Gasteiger partial charge on any atom is 0.273 e. The zero-order chi connectivity index (χ0) is 15.2. The van der Waals surface area contributed by atoms with Crippen LogP contribution in [0.4, 0.5) is 0 Å². The fraction of sp³-hybridized carbons (Fsp3) is 0.857. The van der Waals surface area contributed by atoms with Gasteiger partial charge in [0.2, 0.25) is 0 Å². The second-order valence-corrected chi connectivity index (χ2v) is 9.36. The van der Waals surface area contributed by atoms with E-state index in [1.807, 2.05) is 20.8 Å². The first-order chi connectivity index (χ1) is 9.69. The number of primary sulfonamides is 1. The lowest BCUT2D eigenvalue weighted by atomic mass is 10.0. The Kier molecular flexibility index (Phi) is 2.52. The van der Waals surface area contributed by atoms with Crippen LogP contribution in [0.3, 0.4) is 0 Å². The highest BCUT2D eigenvalue weighted by Gasteiger charge is 2.67. The highest BCUT2D eigenvalue weighted by atomic mass is 32.2. The highest BCUT2D eigenvalue weighted by Crippen LogP contribution is 2.73. The summed E-state index contributed by atoms with van der Waals surface area (Å²) in [5.74, 6) is 4.24. The van der Waals surface area contributed by atoms with E-state index >= 15 is 0 Å². The lowest BCUT2D eigenvalue weighted by Gasteiger charge is -2.25. The first-order valence-corrected chi connectivity index (χ1v) is 9.23. The SMILES string of the molecule is CC(C)(C)n1c(C2C3C4CCC(C4)C23)nnc1S(N)(=O)=O. The number of hydrogen-bond acceptors (Lipinski definition) is 4. The summed E-state index contributed by atoms with van der Waals surface area (Å²) in [7, 11) is -3.85. The Bertz CT molecular complexity index is 687. The molecule has 0 aliphatic heterocycles. The molecule has 3 aliphatic rings. The second kappa shape index (κ2) is 3.87. The molecule has 2 N–H and O–H groups in total. The Morgan fingerprint density at radius 3 is 2.19 bits per heavy atom. The lowest BCUT2D eigenvalue weighted by molar-refractivity contribution is 0.342. The minimum absolute atomic E-state index is 0.0951. The first kappa shape index (κ1) is 13.7. The van der Waals surface area contributed by atoms with Gasteiger partial charge in [-0.1, -0.05) is 0 Å². The fourth-order valence-electron chi connectivity index (χ4n) is 4.98. The molecule has 3 aliphatic carbocycles. The van der Waals surface area contributed by atoms with Crippen molar-refractivity contribution >= 4 is 10.0 Å². The lowest BCUT2D eigenvalue weighted by Crippen LogP contribution is -2.30. The van der Waals surface area contributed by atoms with Crippen LogP contribution < -0.4 is 5.14 Å². The van der Waals surface area contributed by atoms with Crippen molar-refractivity contribution in [1.82, 2.24) is 14.8 Å². The molecule has 21 heavy (non-hydrogen) atoms. The van der Waals surface area contributed by atoms with Gasteiger partial charge in [0.15, 0.2) is 0 Å². The third kappa shape index (κ3) is 1.83. The van der Waals surface area contributed by atoms with Crippen LogP contribution in [-0.4, -0.2) is 23.2 Å². The van der Waals surface area contributed by atoms with Crippen molar-refractivity contribution in [3.63, 3.8) is 0 Å². The molecule has 3 saturated carbocycles. The summed E-state index contributed by atoms with van der Waals surface area (Å²) in [6.07, 6.45) is 4.01. The Morgan fingerprint density at radius 2 is 1.71 bits per heavy atom. The maximum atomic E-state index is 11.8. The summed E-state index contributed by atoms with van der Waals surface area (Å²) in [6, 6.07) is 0. The standard InChI is InChI=1S/C14H22N4O2S/c1-14(2,3)18-12(16-17-13(18)21(15,19)20)11-9-7-4-5-8(6-7)10(9)11/h7-11H,4-6H2,1-3H3,(H2,15,19,20). The molecule has 0 spiro atoms. The van der Waals surface area contributed by atoms with E-state index in [1.165, 1.54) is 19.3 Å². The molecule has 0 amide bonds. The molecule has 7 heteroatoms. The van der Waals surface area contributed by atoms with Crippen LogP contribution in [0.1, 0.15) is 51.8 Å². The molecule has 0 saturated heterocycles. The molecular formula is C14H22N4O2S. The molecule has 0 aromatic carbocycles. The Hall–Kier alpha value is -0.950. The normalized spacial score (nSPS) is 37.8. The van der Waals surface area contributed by atoms with Gasteiger partial charge in [0, 0.05) is 11.5 Å². The summed E-state index contributed by atoms with van der Waals surface area (Å²) in [6.45, 7) is 5.92. The molecule has 2 bridgehead atoms. The number of nitrogens with zero attached hydrogens (tertiary/aromatic N) is 3. The van der Waals surface area contributed by atoms with Crippen LogP contribution in [0.15, 0.2) is 5.16 Å². The highest BCUT2D eigenvalue weighted by molar-refractivity contribution is 7.89. The van der Waals surface area contributed by atoms with Crippen LogP contribution in [0, 0.1) is 23.7 Å². The van der Waals surface area contributed by atoms with Crippen molar-refractivity contribution in [3.05, 3.63) is 5.82 Å². The molecule has 1 aromatic heterocycles. The molecular weight excluding hydrogens is 288 g/mol. The summed E-state index contributed by atoms with van der Waals surface area (Å²) >= 11 is 0. The van der Waals surface area contributed by atoms with Gasteiger partial charge in [-0.15, -0.1) is 10.2 Å². The van der Waals surface area contributed by atoms with Crippen LogP contribution in [-0.2, 0) is 15.6 Å². The van der Waals surface area contributed by atoms with Crippen molar-refractivity contribution in [3.8, 4) is 0 Å². The number of aromatic nitrogens is 3. The van der Waals surface area contributed by atoms with Gasteiger partial charge >= 0.3 is 0 Å². The molecule has 4 atom stereocenters. The number of fused-ring (bicyclic) bond motifs is 5. The Balaban J connectivity index is 1.79. The van der Waals surface area contributed by atoms with E-state index in [0.717, 1.165) is 17.7 Å². The van der Waals surface area contributed by atoms with Crippen LogP contribution >= 0.6 is 0 Å². The third-order valence-corrected chi connectivity index (χ3v) is 6.39.